The van der Waals surface area contributed by atoms with Crippen molar-refractivity contribution in [2.75, 3.05) is 40.4 Å². The molecule has 150 valence electrons. The van der Waals surface area contributed by atoms with Crippen molar-refractivity contribution in [3.05, 3.63) is 59.7 Å². The molecule has 1 fully saturated rings. The summed E-state index contributed by atoms with van der Waals surface area (Å²) in [5, 5.41) is 0. The summed E-state index contributed by atoms with van der Waals surface area (Å²) >= 11 is 0. The smallest absolute Gasteiger partial charge is 0.339 e. The standard InChI is InChI=1S/C20H24N2O5S/c1-26-17-9-7-16(8-10-17)15-21-11-13-22(14-12-21)28(24,25)19-6-4-3-5-18(19)20(23)27-2/h3-10H,11-15H2,1-2H3. The lowest BCUT2D eigenvalue weighted by molar-refractivity contribution is 0.0596. The number of methoxy groups -OCH3 is 2. The predicted molar refractivity (Wildman–Crippen MR) is 105 cm³/mol. The van der Waals surface area contributed by atoms with Crippen LogP contribution in [0.25, 0.3) is 0 Å². The molecule has 1 heterocycles. The van der Waals surface area contributed by atoms with Gasteiger partial charge in [0, 0.05) is 32.7 Å². The molecule has 1 aliphatic rings. The maximum atomic E-state index is 13.0. The first-order valence-corrected chi connectivity index (χ1v) is 10.4. The molecule has 0 spiro atoms. The van der Waals surface area contributed by atoms with Crippen LogP contribution in [0.5, 0.6) is 5.75 Å². The molecule has 0 N–H and O–H groups in total. The molecule has 28 heavy (non-hydrogen) atoms. The molecule has 0 aromatic heterocycles. The molecular weight excluding hydrogens is 380 g/mol. The highest BCUT2D eigenvalue weighted by Gasteiger charge is 2.31. The highest BCUT2D eigenvalue weighted by atomic mass is 32.2. The van der Waals surface area contributed by atoms with Crippen LogP contribution in [0.3, 0.4) is 0 Å². The van der Waals surface area contributed by atoms with E-state index in [1.165, 1.54) is 23.5 Å². The van der Waals surface area contributed by atoms with Crippen LogP contribution in [-0.4, -0.2) is 64.0 Å². The van der Waals surface area contributed by atoms with Crippen LogP contribution in [-0.2, 0) is 21.3 Å². The van der Waals surface area contributed by atoms with Crippen LogP contribution in [0.1, 0.15) is 15.9 Å². The van der Waals surface area contributed by atoms with Gasteiger partial charge in [0.25, 0.3) is 0 Å². The van der Waals surface area contributed by atoms with E-state index in [0.29, 0.717) is 26.2 Å². The molecule has 3 rings (SSSR count). The van der Waals surface area contributed by atoms with Crippen molar-refractivity contribution in [3.63, 3.8) is 0 Å². The Morgan fingerprint density at radius 1 is 0.964 bits per heavy atom. The first kappa shape index (κ1) is 20.3. The summed E-state index contributed by atoms with van der Waals surface area (Å²) in [6.45, 7) is 2.72. The van der Waals surface area contributed by atoms with Gasteiger partial charge in [0.05, 0.1) is 24.7 Å². The lowest BCUT2D eigenvalue weighted by Crippen LogP contribution is -2.48. The molecule has 0 radical (unpaired) electrons. The normalized spacial score (nSPS) is 15.9. The van der Waals surface area contributed by atoms with E-state index >= 15 is 0 Å². The van der Waals surface area contributed by atoms with Crippen molar-refractivity contribution >= 4 is 16.0 Å². The second kappa shape index (κ2) is 8.72. The second-order valence-corrected chi connectivity index (χ2v) is 8.42. The summed E-state index contributed by atoms with van der Waals surface area (Å²) < 4.78 is 37.4. The van der Waals surface area contributed by atoms with Gasteiger partial charge in [-0.05, 0) is 29.8 Å². The number of carbonyl (C=O) groups is 1. The van der Waals surface area contributed by atoms with Gasteiger partial charge in [0.2, 0.25) is 10.0 Å². The Morgan fingerprint density at radius 2 is 1.61 bits per heavy atom. The van der Waals surface area contributed by atoms with Crippen LogP contribution in [0.2, 0.25) is 0 Å². The van der Waals surface area contributed by atoms with E-state index in [0.717, 1.165) is 17.9 Å². The van der Waals surface area contributed by atoms with Crippen molar-refractivity contribution in [1.82, 2.24) is 9.21 Å². The van der Waals surface area contributed by atoms with Gasteiger partial charge in [0.15, 0.2) is 0 Å². The number of benzene rings is 2. The summed E-state index contributed by atoms with van der Waals surface area (Å²) in [6, 6.07) is 14.0. The minimum atomic E-state index is -3.76. The Hall–Kier alpha value is -2.42. The zero-order valence-electron chi connectivity index (χ0n) is 16.0. The average molecular weight is 404 g/mol. The number of hydrogen-bond acceptors (Lipinski definition) is 6. The SMILES string of the molecule is COC(=O)c1ccccc1S(=O)(=O)N1CCN(Cc2ccc(OC)cc2)CC1. The summed E-state index contributed by atoms with van der Waals surface area (Å²) in [5.74, 6) is 0.154. The zero-order chi connectivity index (χ0) is 20.1. The molecule has 8 heteroatoms. The van der Waals surface area contributed by atoms with Crippen molar-refractivity contribution < 1.29 is 22.7 Å². The lowest BCUT2D eigenvalue weighted by Gasteiger charge is -2.34. The molecule has 1 saturated heterocycles. The third-order valence-corrected chi connectivity index (χ3v) is 6.76. The van der Waals surface area contributed by atoms with E-state index < -0.39 is 16.0 Å². The predicted octanol–water partition coefficient (Wildman–Crippen LogP) is 1.99. The monoisotopic (exact) mass is 404 g/mol. The molecule has 0 aliphatic carbocycles. The van der Waals surface area contributed by atoms with Crippen LogP contribution in [0.4, 0.5) is 0 Å². The first-order chi connectivity index (χ1) is 13.5. The van der Waals surface area contributed by atoms with Crippen molar-refractivity contribution in [2.45, 2.75) is 11.4 Å². The van der Waals surface area contributed by atoms with E-state index in [1.54, 1.807) is 19.2 Å². The fraction of sp³-hybridized carbons (Fsp3) is 0.350. The van der Waals surface area contributed by atoms with Gasteiger partial charge in [-0.2, -0.15) is 4.31 Å². The number of carbonyl (C=O) groups excluding carboxylic acids is 1. The van der Waals surface area contributed by atoms with Gasteiger partial charge in [0.1, 0.15) is 5.75 Å². The highest BCUT2D eigenvalue weighted by molar-refractivity contribution is 7.89. The summed E-state index contributed by atoms with van der Waals surface area (Å²) in [6.07, 6.45) is 0. The Balaban J connectivity index is 1.68. The Labute approximate surface area is 165 Å². The number of sulfonamides is 1. The Morgan fingerprint density at radius 3 is 2.21 bits per heavy atom. The van der Waals surface area contributed by atoms with Gasteiger partial charge in [-0.3, -0.25) is 4.90 Å². The Bertz CT molecular complexity index is 920. The van der Waals surface area contributed by atoms with Gasteiger partial charge in [-0.15, -0.1) is 0 Å². The number of hydrogen-bond donors (Lipinski definition) is 0. The van der Waals surface area contributed by atoms with E-state index in [-0.39, 0.29) is 10.5 Å². The van der Waals surface area contributed by atoms with Gasteiger partial charge < -0.3 is 9.47 Å². The number of ether oxygens (including phenoxy) is 2. The van der Waals surface area contributed by atoms with Crippen LogP contribution in [0.15, 0.2) is 53.4 Å². The number of rotatable bonds is 6. The summed E-state index contributed by atoms with van der Waals surface area (Å²) in [5.41, 5.74) is 1.21. The summed E-state index contributed by atoms with van der Waals surface area (Å²) in [7, 11) is -0.892. The van der Waals surface area contributed by atoms with E-state index in [2.05, 4.69) is 4.90 Å². The Kier molecular flexibility index (Phi) is 6.33. The quantitative estimate of drug-likeness (QED) is 0.686. The fourth-order valence-electron chi connectivity index (χ4n) is 3.23. The average Bonchev–Trinajstić information content (AvgIpc) is 2.74. The van der Waals surface area contributed by atoms with Gasteiger partial charge in [-0.25, -0.2) is 13.2 Å². The van der Waals surface area contributed by atoms with Crippen LogP contribution in [0, 0.1) is 0 Å². The maximum Gasteiger partial charge on any atom is 0.339 e. The minimum Gasteiger partial charge on any atom is -0.497 e. The van der Waals surface area contributed by atoms with E-state index in [4.69, 9.17) is 9.47 Å². The van der Waals surface area contributed by atoms with Crippen molar-refractivity contribution in [3.8, 4) is 5.75 Å². The van der Waals surface area contributed by atoms with Crippen molar-refractivity contribution in [1.29, 1.82) is 0 Å². The number of nitrogens with zero attached hydrogens (tertiary/aromatic N) is 2. The number of esters is 1. The second-order valence-electron chi connectivity index (χ2n) is 6.52. The number of piperazine rings is 1. The molecular formula is C20H24N2O5S. The molecule has 0 unspecified atom stereocenters. The van der Waals surface area contributed by atoms with Crippen molar-refractivity contribution in [2.24, 2.45) is 0 Å². The highest BCUT2D eigenvalue weighted by Crippen LogP contribution is 2.23. The van der Waals surface area contributed by atoms with Crippen LogP contribution < -0.4 is 4.74 Å². The molecule has 0 bridgehead atoms. The maximum absolute atomic E-state index is 13.0. The minimum absolute atomic E-state index is 0.00884. The molecule has 0 atom stereocenters. The fourth-order valence-corrected chi connectivity index (χ4v) is 4.83. The van der Waals surface area contributed by atoms with Gasteiger partial charge >= 0.3 is 5.97 Å². The third-order valence-electron chi connectivity index (χ3n) is 4.81. The van der Waals surface area contributed by atoms with E-state index in [9.17, 15) is 13.2 Å². The molecule has 2 aromatic rings. The van der Waals surface area contributed by atoms with E-state index in [1.807, 2.05) is 24.3 Å². The summed E-state index contributed by atoms with van der Waals surface area (Å²) in [4.78, 5) is 14.1. The first-order valence-electron chi connectivity index (χ1n) is 8.98. The van der Waals surface area contributed by atoms with Crippen LogP contribution >= 0.6 is 0 Å². The largest absolute Gasteiger partial charge is 0.497 e. The molecule has 7 nitrogen and oxygen atoms in total. The topological polar surface area (TPSA) is 76.2 Å². The molecule has 2 aromatic carbocycles. The zero-order valence-corrected chi connectivity index (χ0v) is 16.8. The molecule has 0 amide bonds. The van der Waals surface area contributed by atoms with Gasteiger partial charge in [-0.1, -0.05) is 24.3 Å². The third kappa shape index (κ3) is 4.35. The molecule has 1 aliphatic heterocycles. The lowest BCUT2D eigenvalue weighted by atomic mass is 10.2. The molecule has 0 saturated carbocycles.